The van der Waals surface area contributed by atoms with Crippen LogP contribution in [0.1, 0.15) is 26.2 Å². The molecular weight excluding hydrogens is 192 g/mol. The van der Waals surface area contributed by atoms with Crippen LogP contribution in [0.3, 0.4) is 0 Å². The van der Waals surface area contributed by atoms with E-state index in [4.69, 9.17) is 14.7 Å². The molecule has 0 amide bonds. The maximum atomic E-state index is 8.67. The van der Waals surface area contributed by atoms with Crippen LogP contribution in [0, 0.1) is 11.3 Å². The molecule has 4 nitrogen and oxygen atoms in total. The smallest absolute Gasteiger partial charge is 0.141 e. The summed E-state index contributed by atoms with van der Waals surface area (Å²) in [4.78, 5) is 0. The number of nitriles is 1. The van der Waals surface area contributed by atoms with Crippen LogP contribution in [0.25, 0.3) is 0 Å². The molecular formula is C11H18N2O2. The van der Waals surface area contributed by atoms with Gasteiger partial charge in [0.05, 0.1) is 24.4 Å². The van der Waals surface area contributed by atoms with Crippen molar-refractivity contribution >= 4 is 0 Å². The number of hydrogen-bond donors (Lipinski definition) is 1. The summed E-state index contributed by atoms with van der Waals surface area (Å²) in [5.74, 6) is 0. The van der Waals surface area contributed by atoms with Crippen molar-refractivity contribution in [2.75, 3.05) is 19.7 Å². The predicted molar refractivity (Wildman–Crippen MR) is 55.4 cm³/mol. The first-order valence-corrected chi connectivity index (χ1v) is 5.64. The zero-order chi connectivity index (χ0) is 10.7. The fourth-order valence-corrected chi connectivity index (χ4v) is 2.44. The molecule has 0 aromatic carbocycles. The summed E-state index contributed by atoms with van der Waals surface area (Å²) in [5.41, 5.74) is 0.0328. The van der Waals surface area contributed by atoms with Gasteiger partial charge in [0, 0.05) is 6.42 Å². The van der Waals surface area contributed by atoms with E-state index in [9.17, 15) is 0 Å². The van der Waals surface area contributed by atoms with Crippen molar-refractivity contribution in [3.63, 3.8) is 0 Å². The Hall–Kier alpha value is -0.630. The van der Waals surface area contributed by atoms with Gasteiger partial charge in [0.25, 0.3) is 0 Å². The molecule has 2 atom stereocenters. The Kier molecular flexibility index (Phi) is 3.25. The molecule has 2 unspecified atom stereocenters. The summed E-state index contributed by atoms with van der Waals surface area (Å²) in [6, 6.07) is 2.09. The molecule has 0 aromatic rings. The zero-order valence-corrected chi connectivity index (χ0v) is 9.16. The van der Waals surface area contributed by atoms with Gasteiger partial charge in [-0.15, -0.1) is 0 Å². The topological polar surface area (TPSA) is 54.3 Å². The Morgan fingerprint density at radius 1 is 1.53 bits per heavy atom. The van der Waals surface area contributed by atoms with Crippen LogP contribution in [0.15, 0.2) is 0 Å². The first kappa shape index (κ1) is 10.9. The summed E-state index contributed by atoms with van der Waals surface area (Å²) >= 11 is 0. The molecule has 0 aromatic heterocycles. The lowest BCUT2D eigenvalue weighted by Crippen LogP contribution is -2.41. The molecule has 0 aliphatic carbocycles. The second-order valence-corrected chi connectivity index (χ2v) is 4.48. The number of nitrogens with one attached hydrogen (secondary N) is 1. The molecule has 2 heterocycles. The van der Waals surface area contributed by atoms with Gasteiger partial charge in [0.2, 0.25) is 0 Å². The summed E-state index contributed by atoms with van der Waals surface area (Å²) in [5, 5.41) is 12.0. The maximum Gasteiger partial charge on any atom is 0.141 e. The lowest BCUT2D eigenvalue weighted by atomic mass is 9.89. The monoisotopic (exact) mass is 210 g/mol. The Morgan fingerprint density at radius 2 is 2.27 bits per heavy atom. The van der Waals surface area contributed by atoms with Crippen LogP contribution in [-0.4, -0.2) is 37.5 Å². The third kappa shape index (κ3) is 2.49. The average molecular weight is 210 g/mol. The van der Waals surface area contributed by atoms with Crippen LogP contribution in [0.2, 0.25) is 0 Å². The van der Waals surface area contributed by atoms with Crippen molar-refractivity contribution in [1.29, 1.82) is 5.26 Å². The molecule has 4 heteroatoms. The van der Waals surface area contributed by atoms with Crippen LogP contribution in [-0.2, 0) is 9.47 Å². The Balaban J connectivity index is 1.86. The molecule has 2 saturated heterocycles. The van der Waals surface area contributed by atoms with E-state index in [0.29, 0.717) is 6.61 Å². The van der Waals surface area contributed by atoms with Crippen LogP contribution < -0.4 is 5.32 Å². The third-order valence-corrected chi connectivity index (χ3v) is 3.27. The first-order valence-electron chi connectivity index (χ1n) is 5.64. The van der Waals surface area contributed by atoms with E-state index in [2.05, 4.69) is 11.4 Å². The minimum atomic E-state index is -0.324. The lowest BCUT2D eigenvalue weighted by Gasteiger charge is -2.32. The molecule has 2 aliphatic heterocycles. The molecule has 0 bridgehead atoms. The van der Waals surface area contributed by atoms with Gasteiger partial charge < -0.3 is 14.8 Å². The minimum Gasteiger partial charge on any atom is -0.372 e. The van der Waals surface area contributed by atoms with Crippen molar-refractivity contribution in [2.45, 2.75) is 44.0 Å². The molecule has 0 radical (unpaired) electrons. The van der Waals surface area contributed by atoms with Gasteiger partial charge in [-0.25, -0.2) is 0 Å². The second-order valence-electron chi connectivity index (χ2n) is 4.48. The van der Waals surface area contributed by atoms with Crippen molar-refractivity contribution in [1.82, 2.24) is 5.32 Å². The van der Waals surface area contributed by atoms with Gasteiger partial charge in [0.15, 0.2) is 0 Å². The summed E-state index contributed by atoms with van der Waals surface area (Å²) in [6.07, 6.45) is 2.86. The van der Waals surface area contributed by atoms with Gasteiger partial charge in [-0.05, 0) is 32.9 Å². The van der Waals surface area contributed by atoms with Gasteiger partial charge in [-0.2, -0.15) is 5.26 Å². The van der Waals surface area contributed by atoms with E-state index in [-0.39, 0.29) is 17.8 Å². The van der Waals surface area contributed by atoms with E-state index < -0.39 is 0 Å². The Labute approximate surface area is 90.5 Å². The highest BCUT2D eigenvalue weighted by Crippen LogP contribution is 2.35. The van der Waals surface area contributed by atoms with Crippen molar-refractivity contribution in [2.24, 2.45) is 0 Å². The molecule has 15 heavy (non-hydrogen) atoms. The van der Waals surface area contributed by atoms with Gasteiger partial charge in [0.1, 0.15) is 6.10 Å². The van der Waals surface area contributed by atoms with Crippen LogP contribution >= 0.6 is 0 Å². The molecule has 84 valence electrons. The number of hydrogen-bond acceptors (Lipinski definition) is 4. The molecule has 2 aliphatic rings. The van der Waals surface area contributed by atoms with E-state index in [1.54, 1.807) is 6.92 Å². The summed E-state index contributed by atoms with van der Waals surface area (Å²) in [7, 11) is 0. The molecule has 2 fully saturated rings. The highest BCUT2D eigenvalue weighted by atomic mass is 16.6. The van der Waals surface area contributed by atoms with Gasteiger partial charge >= 0.3 is 0 Å². The normalized spacial score (nSPS) is 31.3. The maximum absolute atomic E-state index is 8.67. The molecule has 2 rings (SSSR count). The van der Waals surface area contributed by atoms with E-state index >= 15 is 0 Å². The van der Waals surface area contributed by atoms with Gasteiger partial charge in [-0.3, -0.25) is 0 Å². The standard InChI is InChI=1S/C11H18N2O2/c1-9(7-12)15-10-6-11(14-8-10)2-4-13-5-3-11/h9-10,13H,2-6,8H2,1H3. The van der Waals surface area contributed by atoms with Gasteiger partial charge in [-0.1, -0.05) is 0 Å². The highest BCUT2D eigenvalue weighted by Gasteiger charge is 2.41. The quantitative estimate of drug-likeness (QED) is 0.733. The SMILES string of the molecule is CC(C#N)OC1COC2(CCNCC2)C1. The fraction of sp³-hybridized carbons (Fsp3) is 0.909. The predicted octanol–water partition coefficient (Wildman–Crippen LogP) is 0.826. The van der Waals surface area contributed by atoms with E-state index in [1.165, 1.54) is 0 Å². The molecule has 0 saturated carbocycles. The summed E-state index contributed by atoms with van der Waals surface area (Å²) < 4.78 is 11.4. The van der Waals surface area contributed by atoms with Crippen molar-refractivity contribution in [3.05, 3.63) is 0 Å². The Morgan fingerprint density at radius 3 is 2.93 bits per heavy atom. The van der Waals surface area contributed by atoms with Crippen LogP contribution in [0.4, 0.5) is 0 Å². The number of ether oxygens (including phenoxy) is 2. The molecule has 1 spiro atoms. The van der Waals surface area contributed by atoms with Crippen molar-refractivity contribution in [3.8, 4) is 6.07 Å². The fourth-order valence-electron chi connectivity index (χ4n) is 2.44. The Bertz CT molecular complexity index is 256. The average Bonchev–Trinajstić information content (AvgIpc) is 2.62. The largest absolute Gasteiger partial charge is 0.372 e. The summed E-state index contributed by atoms with van der Waals surface area (Å²) in [6.45, 7) is 4.49. The molecule has 1 N–H and O–H groups in total. The first-order chi connectivity index (χ1) is 7.24. The highest BCUT2D eigenvalue weighted by molar-refractivity contribution is 4.94. The second kappa shape index (κ2) is 4.48. The van der Waals surface area contributed by atoms with Crippen LogP contribution in [0.5, 0.6) is 0 Å². The third-order valence-electron chi connectivity index (χ3n) is 3.27. The van der Waals surface area contributed by atoms with Crippen molar-refractivity contribution < 1.29 is 9.47 Å². The minimum absolute atomic E-state index is 0.0328. The number of rotatable bonds is 2. The zero-order valence-electron chi connectivity index (χ0n) is 9.16. The number of nitrogens with zero attached hydrogens (tertiary/aromatic N) is 1. The van der Waals surface area contributed by atoms with E-state index in [1.807, 2.05) is 0 Å². The van der Waals surface area contributed by atoms with E-state index in [0.717, 1.165) is 32.4 Å². The number of piperidine rings is 1. The lowest BCUT2D eigenvalue weighted by molar-refractivity contribution is -0.0251.